The van der Waals surface area contributed by atoms with E-state index in [0.717, 1.165) is 37.6 Å². The molecule has 1 amide bonds. The minimum absolute atomic E-state index is 0.0424. The summed E-state index contributed by atoms with van der Waals surface area (Å²) in [6, 6.07) is 2.76. The first-order valence-electron chi connectivity index (χ1n) is 10.1. The molecule has 2 aliphatic heterocycles. The Morgan fingerprint density at radius 3 is 2.48 bits per heavy atom. The first-order valence-corrected chi connectivity index (χ1v) is 11.2. The summed E-state index contributed by atoms with van der Waals surface area (Å²) in [5, 5.41) is 11.7. The number of rotatable bonds is 6. The monoisotopic (exact) mass is 423 g/mol. The molecule has 2 saturated heterocycles. The van der Waals surface area contributed by atoms with Crippen LogP contribution in [0, 0.1) is 10.1 Å². The van der Waals surface area contributed by atoms with Crippen molar-refractivity contribution in [1.29, 1.82) is 0 Å². The lowest BCUT2D eigenvalue weighted by Gasteiger charge is -2.35. The molecule has 0 aliphatic carbocycles. The van der Waals surface area contributed by atoms with E-state index in [1.54, 1.807) is 0 Å². The predicted molar refractivity (Wildman–Crippen MR) is 113 cm³/mol. The number of ether oxygens (including phenoxy) is 2. The molecule has 1 unspecified atom stereocenters. The van der Waals surface area contributed by atoms with E-state index < -0.39 is 4.92 Å². The molecule has 0 spiro atoms. The van der Waals surface area contributed by atoms with Crippen LogP contribution in [0.5, 0.6) is 11.5 Å². The van der Waals surface area contributed by atoms with Gasteiger partial charge in [0.25, 0.3) is 11.6 Å². The number of nitro benzene ring substituents is 1. The highest BCUT2D eigenvalue weighted by atomic mass is 32.2. The zero-order chi connectivity index (χ0) is 20.8. The van der Waals surface area contributed by atoms with Gasteiger partial charge in [0.05, 0.1) is 31.3 Å². The number of carbonyl (C=O) groups excluding carboxylic acids is 1. The number of nitrogens with zero attached hydrogens (tertiary/aromatic N) is 3. The van der Waals surface area contributed by atoms with E-state index in [-0.39, 0.29) is 28.9 Å². The Morgan fingerprint density at radius 1 is 1.14 bits per heavy atom. The van der Waals surface area contributed by atoms with E-state index in [9.17, 15) is 14.9 Å². The van der Waals surface area contributed by atoms with Crippen LogP contribution in [0.4, 0.5) is 5.69 Å². The fraction of sp³-hybridized carbons (Fsp3) is 0.650. The molecule has 1 aromatic carbocycles. The first kappa shape index (κ1) is 21.7. The van der Waals surface area contributed by atoms with E-state index in [1.807, 2.05) is 16.7 Å². The maximum atomic E-state index is 13.5. The molecule has 0 radical (unpaired) electrons. The van der Waals surface area contributed by atoms with Crippen molar-refractivity contribution in [2.45, 2.75) is 31.7 Å². The highest BCUT2D eigenvalue weighted by Gasteiger charge is 2.33. The van der Waals surface area contributed by atoms with Gasteiger partial charge in [0.2, 0.25) is 0 Å². The van der Waals surface area contributed by atoms with E-state index in [4.69, 9.17) is 9.47 Å². The second kappa shape index (κ2) is 10.2. The Balaban J connectivity index is 1.91. The highest BCUT2D eigenvalue weighted by Crippen LogP contribution is 2.35. The lowest BCUT2D eigenvalue weighted by molar-refractivity contribution is -0.385. The molecule has 2 heterocycles. The van der Waals surface area contributed by atoms with Crippen molar-refractivity contribution in [2.75, 3.05) is 51.9 Å². The Labute approximate surface area is 175 Å². The number of benzene rings is 1. The average Bonchev–Trinajstić information content (AvgIpc) is 2.98. The topological polar surface area (TPSA) is 85.2 Å². The van der Waals surface area contributed by atoms with Crippen LogP contribution < -0.4 is 9.47 Å². The number of likely N-dealkylation sites (tertiary alicyclic amines) is 1. The van der Waals surface area contributed by atoms with Gasteiger partial charge >= 0.3 is 0 Å². The molecule has 9 heteroatoms. The largest absolute Gasteiger partial charge is 0.493 e. The molecule has 29 heavy (non-hydrogen) atoms. The van der Waals surface area contributed by atoms with E-state index >= 15 is 0 Å². The lowest BCUT2D eigenvalue weighted by atomic mass is 10.1. The van der Waals surface area contributed by atoms with E-state index in [1.165, 1.54) is 45.6 Å². The summed E-state index contributed by atoms with van der Waals surface area (Å²) in [6.07, 6.45) is 4.52. The molecule has 2 fully saturated rings. The Kier molecular flexibility index (Phi) is 7.60. The number of hydrogen-bond acceptors (Lipinski definition) is 7. The van der Waals surface area contributed by atoms with Crippen molar-refractivity contribution in [2.24, 2.45) is 0 Å². The van der Waals surface area contributed by atoms with Gasteiger partial charge in [0.1, 0.15) is 5.56 Å². The van der Waals surface area contributed by atoms with Gasteiger partial charge in [-0.2, -0.15) is 11.8 Å². The first-order chi connectivity index (χ1) is 14.0. The molecular formula is C20H29N3O5S. The van der Waals surface area contributed by atoms with Gasteiger partial charge in [-0.3, -0.25) is 14.9 Å². The third-order valence-electron chi connectivity index (χ3n) is 5.55. The number of piperidine rings is 1. The number of nitro groups is 1. The van der Waals surface area contributed by atoms with Crippen molar-refractivity contribution in [3.05, 3.63) is 27.8 Å². The van der Waals surface area contributed by atoms with Crippen molar-refractivity contribution >= 4 is 23.4 Å². The second-order valence-electron chi connectivity index (χ2n) is 7.42. The van der Waals surface area contributed by atoms with Crippen LogP contribution in [0.15, 0.2) is 12.1 Å². The Morgan fingerprint density at radius 2 is 1.83 bits per heavy atom. The average molecular weight is 424 g/mol. The fourth-order valence-electron chi connectivity index (χ4n) is 4.03. The Bertz CT molecular complexity index is 739. The maximum absolute atomic E-state index is 13.5. The van der Waals surface area contributed by atoms with Crippen LogP contribution in [-0.2, 0) is 0 Å². The summed E-state index contributed by atoms with van der Waals surface area (Å²) in [7, 11) is 2.88. The summed E-state index contributed by atoms with van der Waals surface area (Å²) in [6.45, 7) is 3.54. The SMILES string of the molecule is COc1cc(C(=O)N2CCCSCC2CN2CCCCC2)c([N+](=O)[O-])cc1OC. The normalized spacial score (nSPS) is 20.8. The molecule has 0 bridgehead atoms. The smallest absolute Gasteiger partial charge is 0.286 e. The molecular weight excluding hydrogens is 394 g/mol. The van der Waals surface area contributed by atoms with E-state index in [2.05, 4.69) is 4.90 Å². The van der Waals surface area contributed by atoms with E-state index in [0.29, 0.717) is 12.3 Å². The molecule has 0 saturated carbocycles. The maximum Gasteiger partial charge on any atom is 0.286 e. The number of methoxy groups -OCH3 is 2. The van der Waals surface area contributed by atoms with Crippen LogP contribution in [0.3, 0.4) is 0 Å². The third-order valence-corrected chi connectivity index (χ3v) is 6.74. The number of hydrogen-bond donors (Lipinski definition) is 0. The van der Waals surface area contributed by atoms with Crippen molar-refractivity contribution in [1.82, 2.24) is 9.80 Å². The number of amides is 1. The van der Waals surface area contributed by atoms with Crippen molar-refractivity contribution in [3.8, 4) is 11.5 Å². The zero-order valence-corrected chi connectivity index (χ0v) is 17.9. The van der Waals surface area contributed by atoms with Gasteiger partial charge in [0, 0.05) is 24.9 Å². The van der Waals surface area contributed by atoms with Gasteiger partial charge in [-0.25, -0.2) is 0 Å². The van der Waals surface area contributed by atoms with Gasteiger partial charge in [0.15, 0.2) is 11.5 Å². The lowest BCUT2D eigenvalue weighted by Crippen LogP contribution is -2.49. The van der Waals surface area contributed by atoms with Gasteiger partial charge in [-0.15, -0.1) is 0 Å². The summed E-state index contributed by atoms with van der Waals surface area (Å²) in [4.78, 5) is 28.9. The standard InChI is InChI=1S/C20H29N3O5S/c1-27-18-11-16(17(23(25)26)12-19(18)28-2)20(24)22-9-6-10-29-14-15(22)13-21-7-4-3-5-8-21/h11-12,15H,3-10,13-14H2,1-2H3. The molecule has 1 aromatic rings. The molecule has 0 N–H and O–H groups in total. The molecule has 1 atom stereocenters. The molecule has 0 aromatic heterocycles. The number of thioether (sulfide) groups is 1. The third kappa shape index (κ3) is 5.14. The molecule has 160 valence electrons. The minimum Gasteiger partial charge on any atom is -0.493 e. The quantitative estimate of drug-likeness (QED) is 0.513. The summed E-state index contributed by atoms with van der Waals surface area (Å²) < 4.78 is 10.5. The van der Waals surface area contributed by atoms with Crippen LogP contribution in [-0.4, -0.2) is 78.6 Å². The molecule has 8 nitrogen and oxygen atoms in total. The summed E-state index contributed by atoms with van der Waals surface area (Å²) >= 11 is 1.85. The fourth-order valence-corrected chi connectivity index (χ4v) is 5.09. The van der Waals surface area contributed by atoms with Crippen LogP contribution in [0.1, 0.15) is 36.0 Å². The van der Waals surface area contributed by atoms with Gasteiger partial charge in [-0.05, 0) is 38.1 Å². The van der Waals surface area contributed by atoms with Crippen LogP contribution in [0.2, 0.25) is 0 Å². The van der Waals surface area contributed by atoms with Crippen LogP contribution in [0.25, 0.3) is 0 Å². The number of carbonyl (C=O) groups is 1. The second-order valence-corrected chi connectivity index (χ2v) is 8.57. The predicted octanol–water partition coefficient (Wildman–Crippen LogP) is 3.05. The van der Waals surface area contributed by atoms with Gasteiger partial charge in [-0.1, -0.05) is 6.42 Å². The molecule has 3 rings (SSSR count). The summed E-state index contributed by atoms with van der Waals surface area (Å²) in [5.74, 6) is 2.10. The minimum atomic E-state index is -0.526. The highest BCUT2D eigenvalue weighted by molar-refractivity contribution is 7.99. The molecule has 2 aliphatic rings. The Hall–Kier alpha value is -2.00. The van der Waals surface area contributed by atoms with Crippen molar-refractivity contribution < 1.29 is 19.2 Å². The van der Waals surface area contributed by atoms with Crippen molar-refractivity contribution in [3.63, 3.8) is 0 Å². The summed E-state index contributed by atoms with van der Waals surface area (Å²) in [5.41, 5.74) is -0.190. The van der Waals surface area contributed by atoms with Crippen LogP contribution >= 0.6 is 11.8 Å². The van der Waals surface area contributed by atoms with Gasteiger partial charge < -0.3 is 19.3 Å². The zero-order valence-electron chi connectivity index (χ0n) is 17.1.